The van der Waals surface area contributed by atoms with E-state index in [-0.39, 0.29) is 12.3 Å². The Labute approximate surface area is 172 Å². The van der Waals surface area contributed by atoms with E-state index in [0.29, 0.717) is 24.3 Å². The lowest BCUT2D eigenvalue weighted by Gasteiger charge is -2.36. The van der Waals surface area contributed by atoms with Gasteiger partial charge in [0.15, 0.2) is 0 Å². The van der Waals surface area contributed by atoms with Gasteiger partial charge in [-0.2, -0.15) is 0 Å². The maximum absolute atomic E-state index is 12.7. The zero-order valence-electron chi connectivity index (χ0n) is 15.7. The molecule has 1 aliphatic heterocycles. The van der Waals surface area contributed by atoms with E-state index >= 15 is 0 Å². The molecule has 0 unspecified atom stereocenters. The molecular formula is C20H20N6O2S. The molecule has 0 saturated carbocycles. The minimum Gasteiger partial charge on any atom is -0.368 e. The average Bonchev–Trinajstić information content (AvgIpc) is 3.23. The number of aromatic nitrogens is 3. The molecule has 3 heterocycles. The highest BCUT2D eigenvalue weighted by atomic mass is 32.1. The van der Waals surface area contributed by atoms with Crippen molar-refractivity contribution in [3.8, 4) is 10.7 Å². The second-order valence-electron chi connectivity index (χ2n) is 6.69. The number of benzene rings is 1. The van der Waals surface area contributed by atoms with Gasteiger partial charge in [0, 0.05) is 55.2 Å². The summed E-state index contributed by atoms with van der Waals surface area (Å²) in [5.41, 5.74) is 8.27. The van der Waals surface area contributed by atoms with Gasteiger partial charge in [-0.3, -0.25) is 19.6 Å². The van der Waals surface area contributed by atoms with Crippen LogP contribution in [0.15, 0.2) is 48.2 Å². The standard InChI is InChI=1S/C20H20N6O2S/c21-19(28)14-1-3-16(4-2-14)25-7-9-26(10-8-25)18(27)11-15-13-29-20(24-15)17-12-22-5-6-23-17/h1-6,12-13H,7-11H2,(H2,21,28). The molecule has 1 saturated heterocycles. The Bertz CT molecular complexity index is 997. The lowest BCUT2D eigenvalue weighted by molar-refractivity contribution is -0.130. The molecule has 29 heavy (non-hydrogen) atoms. The fourth-order valence-corrected chi connectivity index (χ4v) is 4.01. The number of nitrogens with zero attached hydrogens (tertiary/aromatic N) is 5. The zero-order chi connectivity index (χ0) is 20.2. The number of hydrogen-bond acceptors (Lipinski definition) is 7. The number of primary amides is 1. The summed E-state index contributed by atoms with van der Waals surface area (Å²) in [4.78, 5) is 40.7. The van der Waals surface area contributed by atoms with E-state index in [4.69, 9.17) is 5.73 Å². The zero-order valence-corrected chi connectivity index (χ0v) is 16.5. The summed E-state index contributed by atoms with van der Waals surface area (Å²) in [7, 11) is 0. The van der Waals surface area contributed by atoms with E-state index < -0.39 is 5.91 Å². The van der Waals surface area contributed by atoms with E-state index in [0.717, 1.165) is 29.5 Å². The molecule has 2 amide bonds. The third-order valence-corrected chi connectivity index (χ3v) is 5.73. The van der Waals surface area contributed by atoms with Crippen molar-refractivity contribution in [1.82, 2.24) is 19.9 Å². The van der Waals surface area contributed by atoms with Crippen molar-refractivity contribution in [2.24, 2.45) is 5.73 Å². The molecule has 0 radical (unpaired) electrons. The van der Waals surface area contributed by atoms with Gasteiger partial charge in [0.2, 0.25) is 11.8 Å². The predicted molar refractivity (Wildman–Crippen MR) is 111 cm³/mol. The Morgan fingerprint density at radius 1 is 1.07 bits per heavy atom. The van der Waals surface area contributed by atoms with Crippen molar-refractivity contribution in [1.29, 1.82) is 0 Å². The molecule has 1 fully saturated rings. The first kappa shape index (κ1) is 19.0. The highest BCUT2D eigenvalue weighted by Gasteiger charge is 2.22. The SMILES string of the molecule is NC(=O)c1ccc(N2CCN(C(=O)Cc3csc(-c4cnccn4)n3)CC2)cc1. The Balaban J connectivity index is 1.32. The van der Waals surface area contributed by atoms with Gasteiger partial charge >= 0.3 is 0 Å². The summed E-state index contributed by atoms with van der Waals surface area (Å²) in [6.45, 7) is 2.78. The minimum absolute atomic E-state index is 0.0738. The fourth-order valence-electron chi connectivity index (χ4n) is 3.23. The quantitative estimate of drug-likeness (QED) is 0.687. The van der Waals surface area contributed by atoms with Crippen LogP contribution in [-0.2, 0) is 11.2 Å². The van der Waals surface area contributed by atoms with E-state index in [1.165, 1.54) is 11.3 Å². The second kappa shape index (κ2) is 8.36. The molecule has 2 N–H and O–H groups in total. The van der Waals surface area contributed by atoms with Crippen molar-refractivity contribution < 1.29 is 9.59 Å². The van der Waals surface area contributed by atoms with Gasteiger partial charge < -0.3 is 15.5 Å². The highest BCUT2D eigenvalue weighted by Crippen LogP contribution is 2.22. The van der Waals surface area contributed by atoms with Crippen LogP contribution < -0.4 is 10.6 Å². The minimum atomic E-state index is -0.434. The van der Waals surface area contributed by atoms with Crippen LogP contribution in [-0.4, -0.2) is 57.8 Å². The Kier molecular flexibility index (Phi) is 5.48. The van der Waals surface area contributed by atoms with Crippen LogP contribution >= 0.6 is 11.3 Å². The maximum Gasteiger partial charge on any atom is 0.248 e. The van der Waals surface area contributed by atoms with Gasteiger partial charge in [-0.15, -0.1) is 11.3 Å². The summed E-state index contributed by atoms with van der Waals surface area (Å²) >= 11 is 1.47. The molecule has 1 aromatic carbocycles. The molecule has 4 rings (SSSR count). The fraction of sp³-hybridized carbons (Fsp3) is 0.250. The van der Waals surface area contributed by atoms with Crippen LogP contribution in [0, 0.1) is 0 Å². The molecule has 0 aliphatic carbocycles. The first-order valence-electron chi connectivity index (χ1n) is 9.23. The Hall–Kier alpha value is -3.33. The molecule has 9 heteroatoms. The number of hydrogen-bond donors (Lipinski definition) is 1. The van der Waals surface area contributed by atoms with Gasteiger partial charge in [-0.1, -0.05) is 0 Å². The second-order valence-corrected chi connectivity index (χ2v) is 7.55. The Morgan fingerprint density at radius 2 is 1.83 bits per heavy atom. The maximum atomic E-state index is 12.7. The summed E-state index contributed by atoms with van der Waals surface area (Å²) in [5.74, 6) is -0.360. The first-order chi connectivity index (χ1) is 14.1. The topological polar surface area (TPSA) is 105 Å². The molecule has 0 atom stereocenters. The van der Waals surface area contributed by atoms with Crippen molar-refractivity contribution >= 4 is 28.8 Å². The smallest absolute Gasteiger partial charge is 0.248 e. The van der Waals surface area contributed by atoms with Crippen LogP contribution in [0.4, 0.5) is 5.69 Å². The van der Waals surface area contributed by atoms with Crippen LogP contribution in [0.3, 0.4) is 0 Å². The van der Waals surface area contributed by atoms with Crippen molar-refractivity contribution in [3.05, 3.63) is 59.5 Å². The summed E-state index contributed by atoms with van der Waals surface area (Å²) < 4.78 is 0. The van der Waals surface area contributed by atoms with Crippen molar-refractivity contribution in [2.75, 3.05) is 31.1 Å². The third kappa shape index (κ3) is 4.40. The Morgan fingerprint density at radius 3 is 2.48 bits per heavy atom. The largest absolute Gasteiger partial charge is 0.368 e. The molecule has 2 aromatic heterocycles. The lowest BCUT2D eigenvalue weighted by Crippen LogP contribution is -2.49. The molecule has 8 nitrogen and oxygen atoms in total. The number of thiazole rings is 1. The van der Waals surface area contributed by atoms with Gasteiger partial charge in [-0.25, -0.2) is 4.98 Å². The number of carbonyl (C=O) groups excluding carboxylic acids is 2. The number of rotatable bonds is 5. The molecule has 148 valence electrons. The van der Waals surface area contributed by atoms with Crippen LogP contribution in [0.2, 0.25) is 0 Å². The molecule has 0 bridgehead atoms. The van der Waals surface area contributed by atoms with E-state index in [1.807, 2.05) is 22.4 Å². The molecule has 1 aliphatic rings. The van der Waals surface area contributed by atoms with Gasteiger partial charge in [0.1, 0.15) is 10.7 Å². The lowest BCUT2D eigenvalue weighted by atomic mass is 10.1. The normalized spacial score (nSPS) is 14.1. The van der Waals surface area contributed by atoms with E-state index in [1.54, 1.807) is 30.7 Å². The van der Waals surface area contributed by atoms with Gasteiger partial charge in [-0.05, 0) is 24.3 Å². The van der Waals surface area contributed by atoms with Gasteiger partial charge in [0.25, 0.3) is 0 Å². The van der Waals surface area contributed by atoms with Crippen LogP contribution in [0.1, 0.15) is 16.1 Å². The molecular weight excluding hydrogens is 388 g/mol. The van der Waals surface area contributed by atoms with Crippen LogP contribution in [0.25, 0.3) is 10.7 Å². The predicted octanol–water partition coefficient (Wildman–Crippen LogP) is 1.59. The third-order valence-electron chi connectivity index (χ3n) is 4.82. The van der Waals surface area contributed by atoms with E-state index in [9.17, 15) is 9.59 Å². The number of carbonyl (C=O) groups is 2. The number of nitrogens with two attached hydrogens (primary N) is 1. The molecule has 0 spiro atoms. The van der Waals surface area contributed by atoms with Crippen molar-refractivity contribution in [2.45, 2.75) is 6.42 Å². The van der Waals surface area contributed by atoms with Gasteiger partial charge in [0.05, 0.1) is 18.3 Å². The highest BCUT2D eigenvalue weighted by molar-refractivity contribution is 7.13. The number of amides is 2. The summed E-state index contributed by atoms with van der Waals surface area (Å²) in [6.07, 6.45) is 5.19. The molecule has 3 aromatic rings. The first-order valence-corrected chi connectivity index (χ1v) is 10.1. The summed E-state index contributed by atoms with van der Waals surface area (Å²) in [5, 5.41) is 2.67. The monoisotopic (exact) mass is 408 g/mol. The summed E-state index contributed by atoms with van der Waals surface area (Å²) in [6, 6.07) is 7.24. The number of anilines is 1. The van der Waals surface area contributed by atoms with Crippen LogP contribution in [0.5, 0.6) is 0 Å². The van der Waals surface area contributed by atoms with Crippen molar-refractivity contribution in [3.63, 3.8) is 0 Å². The van der Waals surface area contributed by atoms with E-state index in [2.05, 4.69) is 19.9 Å². The average molecular weight is 408 g/mol. The number of piperazine rings is 1.